The maximum atomic E-state index is 13.7. The lowest BCUT2D eigenvalue weighted by Crippen LogP contribution is -2.30. The van der Waals surface area contributed by atoms with Crippen molar-refractivity contribution in [1.82, 2.24) is 14.8 Å². The summed E-state index contributed by atoms with van der Waals surface area (Å²) >= 11 is 0. The van der Waals surface area contributed by atoms with E-state index in [1.807, 2.05) is 0 Å². The molecule has 0 radical (unpaired) electrons. The van der Waals surface area contributed by atoms with E-state index >= 15 is 0 Å². The van der Waals surface area contributed by atoms with E-state index in [-0.39, 0.29) is 23.3 Å². The minimum atomic E-state index is -0.488. The molecule has 144 valence electrons. The third-order valence-electron chi connectivity index (χ3n) is 4.85. The number of pyridine rings is 1. The van der Waals surface area contributed by atoms with Crippen LogP contribution in [0.5, 0.6) is 5.75 Å². The number of anilines is 2. The molecule has 0 bridgehead atoms. The summed E-state index contributed by atoms with van der Waals surface area (Å²) in [7, 11) is 1.38. The second-order valence-electron chi connectivity index (χ2n) is 6.50. The third kappa shape index (κ3) is 3.08. The zero-order valence-corrected chi connectivity index (χ0v) is 15.1. The fourth-order valence-corrected chi connectivity index (χ4v) is 3.43. The molecule has 3 aromatic rings. The average Bonchev–Trinajstić information content (AvgIpc) is 3.08. The first-order valence-electron chi connectivity index (χ1n) is 8.80. The Morgan fingerprint density at radius 3 is 3.11 bits per heavy atom. The van der Waals surface area contributed by atoms with Crippen molar-refractivity contribution in [2.75, 3.05) is 25.6 Å². The molecule has 1 aliphatic rings. The van der Waals surface area contributed by atoms with E-state index in [0.717, 1.165) is 0 Å². The lowest BCUT2D eigenvalue weighted by atomic mass is 9.96. The summed E-state index contributed by atoms with van der Waals surface area (Å²) in [5.41, 5.74) is 0.798. The Morgan fingerprint density at radius 2 is 2.32 bits per heavy atom. The molecule has 1 fully saturated rings. The monoisotopic (exact) mass is 383 g/mol. The summed E-state index contributed by atoms with van der Waals surface area (Å²) in [5, 5.41) is 17.5. The van der Waals surface area contributed by atoms with Crippen molar-refractivity contribution in [3.63, 3.8) is 0 Å². The van der Waals surface area contributed by atoms with Crippen LogP contribution in [0.3, 0.4) is 0 Å². The van der Waals surface area contributed by atoms with E-state index in [1.165, 1.54) is 25.3 Å². The van der Waals surface area contributed by atoms with Gasteiger partial charge in [-0.3, -0.25) is 9.48 Å². The van der Waals surface area contributed by atoms with Crippen molar-refractivity contribution in [3.8, 4) is 11.8 Å². The highest BCUT2D eigenvalue weighted by Gasteiger charge is 2.30. The van der Waals surface area contributed by atoms with Gasteiger partial charge in [0, 0.05) is 24.6 Å². The van der Waals surface area contributed by atoms with Gasteiger partial charge in [-0.15, -0.1) is 0 Å². The molecule has 9 heteroatoms. The number of benzene rings is 1. The number of nitriles is 1. The molecular formula is C19H18FN5O3. The van der Waals surface area contributed by atoms with Crippen molar-refractivity contribution < 1.29 is 13.9 Å². The molecule has 2 N–H and O–H groups in total. The number of nitrogens with one attached hydrogen (secondary N) is 2. The van der Waals surface area contributed by atoms with E-state index in [0.29, 0.717) is 42.0 Å². The summed E-state index contributed by atoms with van der Waals surface area (Å²) < 4.78 is 25.9. The van der Waals surface area contributed by atoms with Crippen molar-refractivity contribution in [2.45, 2.75) is 12.5 Å². The van der Waals surface area contributed by atoms with Gasteiger partial charge < -0.3 is 19.8 Å². The molecule has 8 nitrogen and oxygen atoms in total. The summed E-state index contributed by atoms with van der Waals surface area (Å²) in [6.07, 6.45) is 2.14. The van der Waals surface area contributed by atoms with Gasteiger partial charge in [-0.2, -0.15) is 10.4 Å². The Kier molecular flexibility index (Phi) is 4.71. The first-order valence-corrected chi connectivity index (χ1v) is 8.80. The number of methoxy groups -OCH3 is 1. The van der Waals surface area contributed by atoms with Gasteiger partial charge in [0.1, 0.15) is 5.39 Å². The number of halogens is 1. The normalized spacial score (nSPS) is 19.3. The molecule has 4 rings (SSSR count). The first-order chi connectivity index (χ1) is 13.6. The van der Waals surface area contributed by atoms with Crippen LogP contribution < -0.4 is 15.6 Å². The highest BCUT2D eigenvalue weighted by molar-refractivity contribution is 5.91. The smallest absolute Gasteiger partial charge is 0.261 e. The van der Waals surface area contributed by atoms with Crippen LogP contribution in [-0.4, -0.2) is 35.1 Å². The average molecular weight is 383 g/mol. The maximum absolute atomic E-state index is 13.7. The van der Waals surface area contributed by atoms with Crippen LogP contribution in [0.2, 0.25) is 0 Å². The Labute approximate surface area is 159 Å². The summed E-state index contributed by atoms with van der Waals surface area (Å²) in [6.45, 7) is 0.862. The number of hydrogen-bond donors (Lipinski definition) is 2. The van der Waals surface area contributed by atoms with E-state index < -0.39 is 5.82 Å². The second kappa shape index (κ2) is 7.32. The Hall–Kier alpha value is -3.38. The van der Waals surface area contributed by atoms with Crippen LogP contribution in [0, 0.1) is 23.1 Å². The molecule has 1 saturated heterocycles. The topological polar surface area (TPSA) is 105 Å². The van der Waals surface area contributed by atoms with Crippen molar-refractivity contribution in [1.29, 1.82) is 5.26 Å². The number of H-pyrrole nitrogens is 1. The van der Waals surface area contributed by atoms with E-state index in [1.54, 1.807) is 16.9 Å². The van der Waals surface area contributed by atoms with Gasteiger partial charge >= 0.3 is 0 Å². The highest BCUT2D eigenvalue weighted by Crippen LogP contribution is 2.32. The second-order valence-corrected chi connectivity index (χ2v) is 6.50. The number of aromatic amines is 1. The number of aromatic nitrogens is 3. The van der Waals surface area contributed by atoms with Crippen LogP contribution in [0.15, 0.2) is 35.3 Å². The number of rotatable bonds is 4. The minimum absolute atomic E-state index is 0.0767. The minimum Gasteiger partial charge on any atom is -0.494 e. The Balaban J connectivity index is 1.81. The predicted octanol–water partition coefficient (Wildman–Crippen LogP) is 2.72. The lowest BCUT2D eigenvalue weighted by molar-refractivity contribution is 0.0359. The Bertz CT molecular complexity index is 1120. The zero-order chi connectivity index (χ0) is 19.7. The molecule has 0 saturated carbocycles. The molecule has 2 aromatic heterocycles. The van der Waals surface area contributed by atoms with Gasteiger partial charge in [0.05, 0.1) is 37.3 Å². The molecule has 28 heavy (non-hydrogen) atoms. The zero-order valence-electron chi connectivity index (χ0n) is 15.1. The molecule has 1 aliphatic heterocycles. The fraction of sp³-hybridized carbons (Fsp3) is 0.316. The molecule has 2 atom stereocenters. The lowest BCUT2D eigenvalue weighted by Gasteiger charge is -2.27. The summed E-state index contributed by atoms with van der Waals surface area (Å²) in [6, 6.07) is 8.03. The first kappa shape index (κ1) is 18.0. The standard InChI is InChI=1S/C19H18FN5O3/c1-27-16-8-12(2-3-13(16)20)23-18-17-14(4-6-22-19(17)26)25(24-18)15-10-28-7-5-11(15)9-21/h2-4,6,8,11,15H,5,7,10H2,1H3,(H,22,26)(H,23,24)/t11?,15-/m0/s1. The van der Waals surface area contributed by atoms with Gasteiger partial charge in [0.15, 0.2) is 17.4 Å². The Morgan fingerprint density at radius 1 is 1.46 bits per heavy atom. The maximum Gasteiger partial charge on any atom is 0.261 e. The molecule has 1 unspecified atom stereocenters. The van der Waals surface area contributed by atoms with E-state index in [9.17, 15) is 14.4 Å². The van der Waals surface area contributed by atoms with Crippen molar-refractivity contribution in [3.05, 3.63) is 46.6 Å². The van der Waals surface area contributed by atoms with Crippen molar-refractivity contribution >= 4 is 22.4 Å². The number of ether oxygens (including phenoxy) is 2. The number of hydrogen-bond acceptors (Lipinski definition) is 6. The van der Waals surface area contributed by atoms with Gasteiger partial charge in [-0.05, 0) is 24.6 Å². The fourth-order valence-electron chi connectivity index (χ4n) is 3.43. The highest BCUT2D eigenvalue weighted by atomic mass is 19.1. The third-order valence-corrected chi connectivity index (χ3v) is 4.85. The predicted molar refractivity (Wildman–Crippen MR) is 100 cm³/mol. The van der Waals surface area contributed by atoms with Crippen LogP contribution in [-0.2, 0) is 4.74 Å². The van der Waals surface area contributed by atoms with Gasteiger partial charge in [-0.25, -0.2) is 4.39 Å². The van der Waals surface area contributed by atoms with Crippen LogP contribution in [0.4, 0.5) is 15.9 Å². The SMILES string of the molecule is COc1cc(Nc2nn([C@H]3COCCC3C#N)c3cc[nH]c(=O)c23)ccc1F. The molecule has 0 aliphatic carbocycles. The van der Waals surface area contributed by atoms with Gasteiger partial charge in [0.2, 0.25) is 0 Å². The van der Waals surface area contributed by atoms with Gasteiger partial charge in [0.25, 0.3) is 5.56 Å². The quantitative estimate of drug-likeness (QED) is 0.718. The summed E-state index contributed by atoms with van der Waals surface area (Å²) in [5.74, 6) is -0.368. The van der Waals surface area contributed by atoms with Gasteiger partial charge in [-0.1, -0.05) is 0 Å². The largest absolute Gasteiger partial charge is 0.494 e. The van der Waals surface area contributed by atoms with Crippen molar-refractivity contribution in [2.24, 2.45) is 5.92 Å². The van der Waals surface area contributed by atoms with Crippen LogP contribution >= 0.6 is 0 Å². The summed E-state index contributed by atoms with van der Waals surface area (Å²) in [4.78, 5) is 15.1. The molecule has 0 amide bonds. The van der Waals surface area contributed by atoms with Crippen LogP contribution in [0.25, 0.3) is 10.9 Å². The van der Waals surface area contributed by atoms with Crippen LogP contribution in [0.1, 0.15) is 12.5 Å². The molecule has 0 spiro atoms. The molecule has 1 aromatic carbocycles. The molecular weight excluding hydrogens is 365 g/mol. The van der Waals surface area contributed by atoms with E-state index in [4.69, 9.17) is 9.47 Å². The van der Waals surface area contributed by atoms with E-state index in [2.05, 4.69) is 21.5 Å². The number of fused-ring (bicyclic) bond motifs is 1. The number of nitrogens with zero attached hydrogens (tertiary/aromatic N) is 3. The molecule has 3 heterocycles.